The van der Waals surface area contributed by atoms with Gasteiger partial charge in [0.15, 0.2) is 0 Å². The van der Waals surface area contributed by atoms with E-state index >= 15 is 0 Å². The average molecular weight is 293 g/mol. The molecule has 0 spiro atoms. The van der Waals surface area contributed by atoms with E-state index in [2.05, 4.69) is 24.4 Å². The van der Waals surface area contributed by atoms with Crippen LogP contribution < -0.4 is 0 Å². The van der Waals surface area contributed by atoms with Crippen molar-refractivity contribution in [2.45, 2.75) is 94.0 Å². The highest BCUT2D eigenvalue weighted by Gasteiger charge is 2.26. The van der Waals surface area contributed by atoms with Gasteiger partial charge in [0.2, 0.25) is 0 Å². The number of unbranched alkanes of at least 4 members (excludes halogenated alkanes) is 7. The maximum atomic E-state index is 3.78. The van der Waals surface area contributed by atoms with Gasteiger partial charge in [0.1, 0.15) is 0 Å². The highest BCUT2D eigenvalue weighted by Crippen LogP contribution is 2.41. The Balaban J connectivity index is 1.47. The van der Waals surface area contributed by atoms with E-state index in [0.29, 0.717) is 0 Å². The maximum Gasteiger partial charge on any atom is 0.0232 e. The SMILES string of the molecule is C=CCCCCCCCCCC1=CC2CCCC(C1)S2. The Morgan fingerprint density at radius 3 is 2.55 bits per heavy atom. The molecule has 2 aliphatic heterocycles. The first-order valence-electron chi connectivity index (χ1n) is 8.84. The van der Waals surface area contributed by atoms with E-state index in [4.69, 9.17) is 0 Å². The molecule has 2 unspecified atom stereocenters. The molecule has 0 aromatic carbocycles. The molecule has 20 heavy (non-hydrogen) atoms. The molecule has 0 aromatic heterocycles. The van der Waals surface area contributed by atoms with Crippen LogP contribution in [0.25, 0.3) is 0 Å². The molecular weight excluding hydrogens is 260 g/mol. The van der Waals surface area contributed by atoms with Gasteiger partial charge in [-0.3, -0.25) is 0 Å². The summed E-state index contributed by atoms with van der Waals surface area (Å²) in [6.07, 6.45) is 23.0. The monoisotopic (exact) mass is 292 g/mol. The van der Waals surface area contributed by atoms with Crippen LogP contribution in [0.1, 0.15) is 83.5 Å². The fourth-order valence-corrected chi connectivity index (χ4v) is 5.22. The smallest absolute Gasteiger partial charge is 0.0232 e. The molecule has 0 aliphatic carbocycles. The van der Waals surface area contributed by atoms with E-state index < -0.39 is 0 Å². The van der Waals surface area contributed by atoms with E-state index in [1.54, 1.807) is 5.57 Å². The first kappa shape index (κ1) is 16.2. The van der Waals surface area contributed by atoms with Crippen molar-refractivity contribution in [1.82, 2.24) is 0 Å². The average Bonchev–Trinajstić information content (AvgIpc) is 2.45. The molecule has 0 amide bonds. The Hall–Kier alpha value is -0.170. The Labute approximate surface area is 130 Å². The molecule has 2 heterocycles. The molecule has 0 nitrogen and oxygen atoms in total. The Morgan fingerprint density at radius 2 is 1.80 bits per heavy atom. The summed E-state index contributed by atoms with van der Waals surface area (Å²) in [5.41, 5.74) is 1.80. The highest BCUT2D eigenvalue weighted by molar-refractivity contribution is 8.00. The van der Waals surface area contributed by atoms with Crippen LogP contribution in [0, 0.1) is 0 Å². The van der Waals surface area contributed by atoms with E-state index in [1.165, 1.54) is 83.5 Å². The van der Waals surface area contributed by atoms with Gasteiger partial charge in [0, 0.05) is 10.5 Å². The predicted molar refractivity (Wildman–Crippen MR) is 93.5 cm³/mol. The van der Waals surface area contributed by atoms with Crippen LogP contribution in [-0.4, -0.2) is 10.5 Å². The van der Waals surface area contributed by atoms with Crippen molar-refractivity contribution in [2.75, 3.05) is 0 Å². The second kappa shape index (κ2) is 9.71. The standard InChI is InChI=1S/C19H32S/c1-2-3-4-5-6-7-8-9-10-12-17-15-18-13-11-14-19(16-17)20-18/h2,15,18-19H,1,3-14,16H2. The van der Waals surface area contributed by atoms with Crippen molar-refractivity contribution < 1.29 is 0 Å². The number of allylic oxidation sites excluding steroid dienone is 2. The molecule has 1 heteroatoms. The fourth-order valence-electron chi connectivity index (χ4n) is 3.54. The zero-order valence-corrected chi connectivity index (χ0v) is 13.9. The van der Waals surface area contributed by atoms with Crippen molar-refractivity contribution in [1.29, 1.82) is 0 Å². The van der Waals surface area contributed by atoms with Crippen LogP contribution in [0.4, 0.5) is 0 Å². The zero-order valence-electron chi connectivity index (χ0n) is 13.1. The topological polar surface area (TPSA) is 0 Å². The van der Waals surface area contributed by atoms with E-state index in [9.17, 15) is 0 Å². The highest BCUT2D eigenvalue weighted by atomic mass is 32.2. The minimum absolute atomic E-state index is 0.877. The summed E-state index contributed by atoms with van der Waals surface area (Å²) < 4.78 is 0. The number of rotatable bonds is 10. The lowest BCUT2D eigenvalue weighted by atomic mass is 9.94. The predicted octanol–water partition coefficient (Wildman–Crippen LogP) is 6.67. The number of fused-ring (bicyclic) bond motifs is 2. The van der Waals surface area contributed by atoms with Gasteiger partial charge in [0.05, 0.1) is 0 Å². The maximum absolute atomic E-state index is 3.78. The normalized spacial score (nSPS) is 25.3. The van der Waals surface area contributed by atoms with Crippen LogP contribution in [0.3, 0.4) is 0 Å². The van der Waals surface area contributed by atoms with Gasteiger partial charge in [0.25, 0.3) is 0 Å². The molecule has 0 N–H and O–H groups in total. The van der Waals surface area contributed by atoms with E-state index in [0.717, 1.165) is 10.5 Å². The van der Waals surface area contributed by atoms with Crippen molar-refractivity contribution in [3.05, 3.63) is 24.3 Å². The molecule has 0 radical (unpaired) electrons. The third kappa shape index (κ3) is 6.08. The second-order valence-electron chi connectivity index (χ2n) is 6.56. The Kier molecular flexibility index (Phi) is 7.87. The quantitative estimate of drug-likeness (QED) is 0.320. The second-order valence-corrected chi connectivity index (χ2v) is 8.10. The lowest BCUT2D eigenvalue weighted by molar-refractivity contribution is 0.564. The van der Waals surface area contributed by atoms with Gasteiger partial charge in [-0.25, -0.2) is 0 Å². The number of hydrogen-bond acceptors (Lipinski definition) is 1. The zero-order chi connectivity index (χ0) is 14.0. The minimum atomic E-state index is 0.877. The van der Waals surface area contributed by atoms with Crippen LogP contribution in [0.5, 0.6) is 0 Å². The third-order valence-corrected chi connectivity index (χ3v) is 6.21. The summed E-state index contributed by atoms with van der Waals surface area (Å²) in [4.78, 5) is 0. The lowest BCUT2D eigenvalue weighted by Crippen LogP contribution is -2.21. The van der Waals surface area contributed by atoms with Crippen molar-refractivity contribution in [3.63, 3.8) is 0 Å². The first-order valence-corrected chi connectivity index (χ1v) is 9.78. The molecule has 2 atom stereocenters. The van der Waals surface area contributed by atoms with Gasteiger partial charge in [-0.2, -0.15) is 11.8 Å². The molecule has 1 fully saturated rings. The van der Waals surface area contributed by atoms with Gasteiger partial charge >= 0.3 is 0 Å². The summed E-state index contributed by atoms with van der Waals surface area (Å²) in [5.74, 6) is 0. The van der Waals surface area contributed by atoms with E-state index in [1.807, 2.05) is 6.08 Å². The fraction of sp³-hybridized carbons (Fsp3) is 0.789. The summed E-state index contributed by atoms with van der Waals surface area (Å²) in [6, 6.07) is 0. The van der Waals surface area contributed by atoms with Gasteiger partial charge < -0.3 is 0 Å². The molecular formula is C19H32S. The minimum Gasteiger partial charge on any atom is -0.151 e. The van der Waals surface area contributed by atoms with Crippen LogP contribution in [0.2, 0.25) is 0 Å². The summed E-state index contributed by atoms with van der Waals surface area (Å²) in [6.45, 7) is 3.78. The van der Waals surface area contributed by atoms with Crippen LogP contribution in [0.15, 0.2) is 24.3 Å². The Morgan fingerprint density at radius 1 is 1.05 bits per heavy atom. The Bertz CT molecular complexity index is 305. The number of hydrogen-bond donors (Lipinski definition) is 0. The largest absolute Gasteiger partial charge is 0.151 e. The summed E-state index contributed by atoms with van der Waals surface area (Å²) >= 11 is 2.25. The molecule has 114 valence electrons. The number of thioether (sulfide) groups is 1. The van der Waals surface area contributed by atoms with Gasteiger partial charge in [-0.05, 0) is 44.9 Å². The van der Waals surface area contributed by atoms with Crippen LogP contribution in [-0.2, 0) is 0 Å². The van der Waals surface area contributed by atoms with Crippen molar-refractivity contribution >= 4 is 11.8 Å². The van der Waals surface area contributed by atoms with Gasteiger partial charge in [-0.1, -0.05) is 56.3 Å². The molecule has 2 aliphatic rings. The molecule has 0 aromatic rings. The van der Waals surface area contributed by atoms with Crippen LogP contribution >= 0.6 is 11.8 Å². The van der Waals surface area contributed by atoms with Gasteiger partial charge in [-0.15, -0.1) is 6.58 Å². The summed E-state index contributed by atoms with van der Waals surface area (Å²) in [7, 11) is 0. The van der Waals surface area contributed by atoms with Crippen molar-refractivity contribution in [3.8, 4) is 0 Å². The molecule has 0 saturated carbocycles. The summed E-state index contributed by atoms with van der Waals surface area (Å²) in [5, 5.41) is 1.85. The molecule has 2 rings (SSSR count). The first-order chi connectivity index (χ1) is 9.88. The molecule has 2 bridgehead atoms. The third-order valence-electron chi connectivity index (χ3n) is 4.70. The molecule has 1 saturated heterocycles. The lowest BCUT2D eigenvalue weighted by Gasteiger charge is -2.33. The van der Waals surface area contributed by atoms with E-state index in [-0.39, 0.29) is 0 Å². The van der Waals surface area contributed by atoms with Crippen molar-refractivity contribution in [2.24, 2.45) is 0 Å².